The minimum Gasteiger partial charge on any atom is -0.494 e. The second kappa shape index (κ2) is 9.27. The summed E-state index contributed by atoms with van der Waals surface area (Å²) < 4.78 is 23.9. The van der Waals surface area contributed by atoms with Crippen LogP contribution in [0.5, 0.6) is 5.75 Å². The van der Waals surface area contributed by atoms with Gasteiger partial charge in [0.15, 0.2) is 6.61 Å². The molecule has 27 heavy (non-hydrogen) atoms. The number of nitro benzene ring substituents is 1. The zero-order chi connectivity index (χ0) is 19.8. The van der Waals surface area contributed by atoms with Gasteiger partial charge in [-0.3, -0.25) is 14.9 Å². The maximum atomic E-state index is 13.6. The van der Waals surface area contributed by atoms with Gasteiger partial charge in [0.2, 0.25) is 0 Å². The van der Waals surface area contributed by atoms with E-state index in [0.29, 0.717) is 12.4 Å². The molecule has 2 aromatic carbocycles. The monoisotopic (exact) mass is 376 g/mol. The summed E-state index contributed by atoms with van der Waals surface area (Å²) in [6.07, 6.45) is 0.851. The van der Waals surface area contributed by atoms with E-state index in [0.717, 1.165) is 24.6 Å². The zero-order valence-corrected chi connectivity index (χ0v) is 14.4. The number of nitro groups is 1. The van der Waals surface area contributed by atoms with E-state index in [-0.39, 0.29) is 16.9 Å². The molecule has 0 aliphatic carbocycles. The molecule has 142 valence electrons. The Morgan fingerprint density at radius 1 is 1.19 bits per heavy atom. The van der Waals surface area contributed by atoms with Crippen LogP contribution in [-0.4, -0.2) is 30.0 Å². The summed E-state index contributed by atoms with van der Waals surface area (Å²) in [5.41, 5.74) is -0.537. The first-order chi connectivity index (χ1) is 12.9. The number of hydrogen-bond acceptors (Lipinski definition) is 6. The molecule has 0 saturated heterocycles. The van der Waals surface area contributed by atoms with Crippen LogP contribution in [0.15, 0.2) is 42.5 Å². The molecular weight excluding hydrogens is 359 g/mol. The van der Waals surface area contributed by atoms with Crippen molar-refractivity contribution >= 4 is 23.3 Å². The van der Waals surface area contributed by atoms with Crippen molar-refractivity contribution in [2.75, 3.05) is 18.5 Å². The Labute approximate surface area is 154 Å². The van der Waals surface area contributed by atoms with E-state index in [1.807, 2.05) is 6.92 Å². The van der Waals surface area contributed by atoms with Gasteiger partial charge in [-0.15, -0.1) is 0 Å². The largest absolute Gasteiger partial charge is 0.494 e. The Morgan fingerprint density at radius 3 is 2.52 bits per heavy atom. The van der Waals surface area contributed by atoms with E-state index in [4.69, 9.17) is 9.47 Å². The summed E-state index contributed by atoms with van der Waals surface area (Å²) in [6, 6.07) is 8.90. The third-order valence-electron chi connectivity index (χ3n) is 3.33. The van der Waals surface area contributed by atoms with Gasteiger partial charge in [-0.25, -0.2) is 9.18 Å². The summed E-state index contributed by atoms with van der Waals surface area (Å²) in [6.45, 7) is 1.85. The summed E-state index contributed by atoms with van der Waals surface area (Å²) in [5.74, 6) is -1.81. The molecule has 0 atom stereocenters. The normalized spacial score (nSPS) is 10.1. The number of ether oxygens (including phenoxy) is 2. The standard InChI is InChI=1S/C18H17FN2O6/c1-2-9-26-14-6-3-12(4-7-14)18(23)27-11-17(22)20-16-10-13(21(24)25)5-8-15(16)19/h3-8,10H,2,9,11H2,1H3,(H,20,22). The number of amides is 1. The average molecular weight is 376 g/mol. The highest BCUT2D eigenvalue weighted by Crippen LogP contribution is 2.21. The van der Waals surface area contributed by atoms with E-state index < -0.39 is 29.2 Å². The van der Waals surface area contributed by atoms with Gasteiger partial charge in [-0.1, -0.05) is 6.92 Å². The van der Waals surface area contributed by atoms with Gasteiger partial charge < -0.3 is 14.8 Å². The molecule has 0 saturated carbocycles. The van der Waals surface area contributed by atoms with Crippen LogP contribution in [0.1, 0.15) is 23.7 Å². The predicted molar refractivity (Wildman–Crippen MR) is 94.2 cm³/mol. The lowest BCUT2D eigenvalue weighted by atomic mass is 10.2. The predicted octanol–water partition coefficient (Wildman–Crippen LogP) is 3.32. The summed E-state index contributed by atoms with van der Waals surface area (Å²) >= 11 is 0. The fourth-order valence-electron chi connectivity index (χ4n) is 2.03. The molecule has 0 heterocycles. The Morgan fingerprint density at radius 2 is 1.89 bits per heavy atom. The van der Waals surface area contributed by atoms with Crippen LogP contribution in [0.4, 0.5) is 15.8 Å². The fraction of sp³-hybridized carbons (Fsp3) is 0.222. The van der Waals surface area contributed by atoms with E-state index in [1.165, 1.54) is 12.1 Å². The zero-order valence-electron chi connectivity index (χ0n) is 14.4. The molecule has 0 bridgehead atoms. The van der Waals surface area contributed by atoms with Gasteiger partial charge >= 0.3 is 5.97 Å². The van der Waals surface area contributed by atoms with Crippen LogP contribution in [0, 0.1) is 15.9 Å². The fourth-order valence-corrected chi connectivity index (χ4v) is 2.03. The lowest BCUT2D eigenvalue weighted by molar-refractivity contribution is -0.384. The lowest BCUT2D eigenvalue weighted by Gasteiger charge is -2.08. The topological polar surface area (TPSA) is 108 Å². The van der Waals surface area contributed by atoms with Gasteiger partial charge in [0, 0.05) is 12.1 Å². The molecule has 1 N–H and O–H groups in total. The van der Waals surface area contributed by atoms with Gasteiger partial charge in [0.1, 0.15) is 11.6 Å². The van der Waals surface area contributed by atoms with E-state index in [1.54, 1.807) is 12.1 Å². The van der Waals surface area contributed by atoms with Crippen molar-refractivity contribution in [3.8, 4) is 5.75 Å². The Hall–Kier alpha value is -3.49. The molecule has 0 unspecified atom stereocenters. The van der Waals surface area contributed by atoms with Gasteiger partial charge in [-0.2, -0.15) is 0 Å². The van der Waals surface area contributed by atoms with Crippen molar-refractivity contribution in [2.45, 2.75) is 13.3 Å². The second-order valence-electron chi connectivity index (χ2n) is 5.42. The van der Waals surface area contributed by atoms with Crippen molar-refractivity contribution in [3.05, 3.63) is 64.0 Å². The maximum Gasteiger partial charge on any atom is 0.338 e. The van der Waals surface area contributed by atoms with Crippen molar-refractivity contribution in [3.63, 3.8) is 0 Å². The first-order valence-corrected chi connectivity index (χ1v) is 8.04. The van der Waals surface area contributed by atoms with Crippen LogP contribution < -0.4 is 10.1 Å². The molecule has 9 heteroatoms. The smallest absolute Gasteiger partial charge is 0.338 e. The van der Waals surface area contributed by atoms with Crippen LogP contribution in [0.25, 0.3) is 0 Å². The number of halogens is 1. The maximum absolute atomic E-state index is 13.6. The molecule has 0 aromatic heterocycles. The highest BCUT2D eigenvalue weighted by Gasteiger charge is 2.15. The molecule has 0 fully saturated rings. The molecule has 0 radical (unpaired) electrons. The number of benzene rings is 2. The number of non-ortho nitro benzene ring substituents is 1. The first-order valence-electron chi connectivity index (χ1n) is 8.04. The van der Waals surface area contributed by atoms with Crippen LogP contribution >= 0.6 is 0 Å². The number of hydrogen-bond donors (Lipinski definition) is 1. The number of nitrogens with one attached hydrogen (secondary N) is 1. The summed E-state index contributed by atoms with van der Waals surface area (Å²) in [4.78, 5) is 33.7. The number of anilines is 1. The van der Waals surface area contributed by atoms with E-state index in [2.05, 4.69) is 5.32 Å². The third-order valence-corrected chi connectivity index (χ3v) is 3.33. The molecular formula is C18H17FN2O6. The van der Waals surface area contributed by atoms with Gasteiger partial charge in [0.25, 0.3) is 11.6 Å². The molecule has 0 aliphatic heterocycles. The third kappa shape index (κ3) is 5.77. The first kappa shape index (κ1) is 19.8. The van der Waals surface area contributed by atoms with Crippen LogP contribution in [0.3, 0.4) is 0 Å². The van der Waals surface area contributed by atoms with Gasteiger partial charge in [-0.05, 0) is 36.8 Å². The number of rotatable bonds is 8. The molecule has 0 spiro atoms. The Bertz CT molecular complexity index is 838. The minimum absolute atomic E-state index is 0.216. The summed E-state index contributed by atoms with van der Waals surface area (Å²) in [7, 11) is 0. The second-order valence-corrected chi connectivity index (χ2v) is 5.42. The number of nitrogens with zero attached hydrogens (tertiary/aromatic N) is 1. The minimum atomic E-state index is -0.844. The quantitative estimate of drug-likeness (QED) is 0.430. The van der Waals surface area contributed by atoms with Crippen LogP contribution in [-0.2, 0) is 9.53 Å². The number of carbonyl (C=O) groups is 2. The number of esters is 1. The molecule has 2 aromatic rings. The van der Waals surface area contributed by atoms with E-state index >= 15 is 0 Å². The van der Waals surface area contributed by atoms with Crippen molar-refractivity contribution in [1.82, 2.24) is 0 Å². The summed E-state index contributed by atoms with van der Waals surface area (Å²) in [5, 5.41) is 12.8. The van der Waals surface area contributed by atoms with Gasteiger partial charge in [0.05, 0.1) is 22.8 Å². The van der Waals surface area contributed by atoms with E-state index in [9.17, 15) is 24.1 Å². The highest BCUT2D eigenvalue weighted by atomic mass is 19.1. The molecule has 8 nitrogen and oxygen atoms in total. The molecule has 2 rings (SSSR count). The molecule has 0 aliphatic rings. The van der Waals surface area contributed by atoms with Crippen LogP contribution in [0.2, 0.25) is 0 Å². The van der Waals surface area contributed by atoms with Crippen molar-refractivity contribution in [1.29, 1.82) is 0 Å². The Kier molecular flexibility index (Phi) is 6.81. The average Bonchev–Trinajstić information content (AvgIpc) is 2.66. The van der Waals surface area contributed by atoms with Crippen molar-refractivity contribution in [2.24, 2.45) is 0 Å². The van der Waals surface area contributed by atoms with Crippen molar-refractivity contribution < 1.29 is 28.4 Å². The SMILES string of the molecule is CCCOc1ccc(C(=O)OCC(=O)Nc2cc([N+](=O)[O-])ccc2F)cc1. The lowest BCUT2D eigenvalue weighted by Crippen LogP contribution is -2.21. The molecule has 1 amide bonds. The highest BCUT2D eigenvalue weighted by molar-refractivity contribution is 5.95. The Balaban J connectivity index is 1.90. The number of carbonyl (C=O) groups excluding carboxylic acids is 2.